The normalized spacial score (nSPS) is 10.6. The molecule has 1 heterocycles. The van der Waals surface area contributed by atoms with Gasteiger partial charge in [0.25, 0.3) is 5.91 Å². The van der Waals surface area contributed by atoms with Crippen molar-refractivity contribution in [3.8, 4) is 5.75 Å². The summed E-state index contributed by atoms with van der Waals surface area (Å²) >= 11 is 4.82. The summed E-state index contributed by atoms with van der Waals surface area (Å²) in [7, 11) is 1.58. The number of thiazole rings is 1. The van der Waals surface area contributed by atoms with Gasteiger partial charge in [-0.1, -0.05) is 23.5 Å². The van der Waals surface area contributed by atoms with Crippen molar-refractivity contribution in [3.63, 3.8) is 0 Å². The maximum atomic E-state index is 12.2. The van der Waals surface area contributed by atoms with Gasteiger partial charge < -0.3 is 4.74 Å². The molecule has 0 aliphatic rings. The van der Waals surface area contributed by atoms with Gasteiger partial charge in [-0.05, 0) is 46.3 Å². The summed E-state index contributed by atoms with van der Waals surface area (Å²) in [5, 5.41) is 3.41. The minimum atomic E-state index is -0.197. The SMILES string of the molecule is COc1ccc(C(=O)Nc2nc3ccccc3s2)cc1Br. The summed E-state index contributed by atoms with van der Waals surface area (Å²) in [6.07, 6.45) is 0. The number of carbonyl (C=O) groups is 1. The standard InChI is InChI=1S/C15H11BrN2O2S/c1-20-12-7-6-9(8-10(12)16)14(19)18-15-17-11-4-2-3-5-13(11)21-15/h2-8H,1H3,(H,17,18,19). The predicted molar refractivity (Wildman–Crippen MR) is 88.3 cm³/mol. The number of nitrogens with zero attached hydrogens (tertiary/aromatic N) is 1. The molecule has 21 heavy (non-hydrogen) atoms. The molecule has 0 saturated carbocycles. The van der Waals surface area contributed by atoms with Gasteiger partial charge in [-0.2, -0.15) is 0 Å². The van der Waals surface area contributed by atoms with Gasteiger partial charge in [0.15, 0.2) is 5.13 Å². The number of benzene rings is 2. The van der Waals surface area contributed by atoms with E-state index in [1.165, 1.54) is 11.3 Å². The Morgan fingerprint density at radius 1 is 1.29 bits per heavy atom. The predicted octanol–water partition coefficient (Wildman–Crippen LogP) is 4.32. The maximum absolute atomic E-state index is 12.2. The monoisotopic (exact) mass is 362 g/mol. The van der Waals surface area contributed by atoms with Gasteiger partial charge in [0.2, 0.25) is 0 Å². The molecule has 0 aliphatic heterocycles. The lowest BCUT2D eigenvalue weighted by atomic mass is 10.2. The number of ether oxygens (including phenoxy) is 1. The van der Waals surface area contributed by atoms with Crippen LogP contribution in [-0.2, 0) is 0 Å². The molecule has 0 fully saturated rings. The van der Waals surface area contributed by atoms with Crippen LogP contribution in [0, 0.1) is 0 Å². The summed E-state index contributed by atoms with van der Waals surface area (Å²) in [6.45, 7) is 0. The molecule has 0 radical (unpaired) electrons. The third-order valence-electron chi connectivity index (χ3n) is 2.93. The molecule has 0 bridgehead atoms. The molecule has 0 atom stereocenters. The number of methoxy groups -OCH3 is 1. The first kappa shape index (κ1) is 14.0. The van der Waals surface area contributed by atoms with Gasteiger partial charge in [-0.3, -0.25) is 10.1 Å². The van der Waals surface area contributed by atoms with E-state index >= 15 is 0 Å². The van der Waals surface area contributed by atoms with Gasteiger partial charge in [0, 0.05) is 5.56 Å². The van der Waals surface area contributed by atoms with Crippen molar-refractivity contribution in [2.75, 3.05) is 12.4 Å². The Morgan fingerprint density at radius 2 is 2.10 bits per heavy atom. The first-order valence-corrected chi connectivity index (χ1v) is 7.79. The van der Waals surface area contributed by atoms with Crippen molar-refractivity contribution in [2.45, 2.75) is 0 Å². The van der Waals surface area contributed by atoms with Crippen molar-refractivity contribution in [3.05, 3.63) is 52.5 Å². The largest absolute Gasteiger partial charge is 0.496 e. The van der Waals surface area contributed by atoms with E-state index in [4.69, 9.17) is 4.74 Å². The topological polar surface area (TPSA) is 51.2 Å². The first-order valence-electron chi connectivity index (χ1n) is 6.18. The number of hydrogen-bond acceptors (Lipinski definition) is 4. The van der Waals surface area contributed by atoms with E-state index in [1.54, 1.807) is 25.3 Å². The van der Waals surface area contributed by atoms with E-state index in [0.717, 1.165) is 14.7 Å². The fourth-order valence-corrected chi connectivity index (χ4v) is 3.30. The van der Waals surface area contributed by atoms with Gasteiger partial charge in [0.05, 0.1) is 21.8 Å². The minimum absolute atomic E-state index is 0.197. The van der Waals surface area contributed by atoms with Crippen LogP contribution in [0.5, 0.6) is 5.75 Å². The van der Waals surface area contributed by atoms with Crippen LogP contribution >= 0.6 is 27.3 Å². The minimum Gasteiger partial charge on any atom is -0.496 e. The highest BCUT2D eigenvalue weighted by atomic mass is 79.9. The molecule has 1 N–H and O–H groups in total. The number of carbonyl (C=O) groups excluding carboxylic acids is 1. The van der Waals surface area contributed by atoms with Crippen molar-refractivity contribution < 1.29 is 9.53 Å². The number of amides is 1. The lowest BCUT2D eigenvalue weighted by molar-refractivity contribution is 0.102. The summed E-state index contributed by atoms with van der Waals surface area (Å²) in [6, 6.07) is 13.0. The van der Waals surface area contributed by atoms with Crippen molar-refractivity contribution in [1.82, 2.24) is 4.98 Å². The molecule has 3 rings (SSSR count). The molecule has 0 saturated heterocycles. The number of aromatic nitrogens is 1. The van der Waals surface area contributed by atoms with Crippen LogP contribution in [0.2, 0.25) is 0 Å². The average molecular weight is 363 g/mol. The number of nitrogens with one attached hydrogen (secondary N) is 1. The molecule has 4 nitrogen and oxygen atoms in total. The van der Waals surface area contributed by atoms with Crippen LogP contribution in [0.1, 0.15) is 10.4 Å². The van der Waals surface area contributed by atoms with Crippen LogP contribution < -0.4 is 10.1 Å². The number of fused-ring (bicyclic) bond motifs is 1. The molecule has 2 aromatic carbocycles. The fourth-order valence-electron chi connectivity index (χ4n) is 1.90. The maximum Gasteiger partial charge on any atom is 0.257 e. The second-order valence-electron chi connectivity index (χ2n) is 4.29. The number of halogens is 1. The highest BCUT2D eigenvalue weighted by Gasteiger charge is 2.11. The number of para-hydroxylation sites is 1. The molecule has 0 spiro atoms. The Balaban J connectivity index is 1.84. The zero-order chi connectivity index (χ0) is 14.8. The van der Waals surface area contributed by atoms with Gasteiger partial charge >= 0.3 is 0 Å². The second-order valence-corrected chi connectivity index (χ2v) is 6.18. The van der Waals surface area contributed by atoms with Crippen molar-refractivity contribution in [1.29, 1.82) is 0 Å². The summed E-state index contributed by atoms with van der Waals surface area (Å²) < 4.78 is 6.93. The van der Waals surface area contributed by atoms with Gasteiger partial charge in [-0.25, -0.2) is 4.98 Å². The third kappa shape index (κ3) is 2.91. The highest BCUT2D eigenvalue weighted by molar-refractivity contribution is 9.10. The molecule has 6 heteroatoms. The molecule has 1 amide bonds. The Morgan fingerprint density at radius 3 is 2.81 bits per heavy atom. The van der Waals surface area contributed by atoms with Crippen molar-refractivity contribution in [2.24, 2.45) is 0 Å². The van der Waals surface area contributed by atoms with Crippen LogP contribution in [0.3, 0.4) is 0 Å². The van der Waals surface area contributed by atoms with Crippen LogP contribution in [-0.4, -0.2) is 18.0 Å². The zero-order valence-electron chi connectivity index (χ0n) is 11.1. The number of hydrogen-bond donors (Lipinski definition) is 1. The molecular weight excluding hydrogens is 352 g/mol. The van der Waals surface area contributed by atoms with Crippen LogP contribution in [0.25, 0.3) is 10.2 Å². The third-order valence-corrected chi connectivity index (χ3v) is 4.50. The first-order chi connectivity index (χ1) is 10.2. The van der Waals surface area contributed by atoms with Crippen molar-refractivity contribution >= 4 is 48.5 Å². The molecular formula is C15H11BrN2O2S. The lowest BCUT2D eigenvalue weighted by Crippen LogP contribution is -2.11. The Labute approximate surface area is 133 Å². The smallest absolute Gasteiger partial charge is 0.257 e. The Bertz CT molecular complexity index is 783. The highest BCUT2D eigenvalue weighted by Crippen LogP contribution is 2.28. The van der Waals surface area contributed by atoms with Gasteiger partial charge in [0.1, 0.15) is 5.75 Å². The average Bonchev–Trinajstić information content (AvgIpc) is 2.89. The van der Waals surface area contributed by atoms with E-state index in [0.29, 0.717) is 16.4 Å². The van der Waals surface area contributed by atoms with E-state index in [-0.39, 0.29) is 5.91 Å². The summed E-state index contributed by atoms with van der Waals surface area (Å²) in [5.74, 6) is 0.490. The molecule has 0 unspecified atom stereocenters. The van der Waals surface area contributed by atoms with Crippen LogP contribution in [0.15, 0.2) is 46.9 Å². The molecule has 3 aromatic rings. The molecule has 106 valence electrons. The van der Waals surface area contributed by atoms with Crippen LogP contribution in [0.4, 0.5) is 5.13 Å². The van der Waals surface area contributed by atoms with Gasteiger partial charge in [-0.15, -0.1) is 0 Å². The van der Waals surface area contributed by atoms with E-state index < -0.39 is 0 Å². The Kier molecular flexibility index (Phi) is 3.90. The number of rotatable bonds is 3. The molecule has 0 aliphatic carbocycles. The second kappa shape index (κ2) is 5.83. The lowest BCUT2D eigenvalue weighted by Gasteiger charge is -2.05. The Hall–Kier alpha value is -1.92. The molecule has 1 aromatic heterocycles. The zero-order valence-corrected chi connectivity index (χ0v) is 13.5. The van der Waals surface area contributed by atoms with E-state index in [9.17, 15) is 4.79 Å². The van der Waals surface area contributed by atoms with E-state index in [2.05, 4.69) is 26.2 Å². The quantitative estimate of drug-likeness (QED) is 0.754. The number of anilines is 1. The van der Waals surface area contributed by atoms with E-state index in [1.807, 2.05) is 24.3 Å². The summed E-state index contributed by atoms with van der Waals surface area (Å²) in [5.41, 5.74) is 1.43. The fraction of sp³-hybridized carbons (Fsp3) is 0.0667. The summed E-state index contributed by atoms with van der Waals surface area (Å²) in [4.78, 5) is 16.6.